The number of nitrogens with one attached hydrogen (secondary N) is 1. The number of rotatable bonds is 7. The van der Waals surface area contributed by atoms with Crippen LogP contribution in [0.1, 0.15) is 44.2 Å². The van der Waals surface area contributed by atoms with Gasteiger partial charge in [0.05, 0.1) is 0 Å². The molecule has 1 atom stereocenters. The lowest BCUT2D eigenvalue weighted by atomic mass is 10.1. The summed E-state index contributed by atoms with van der Waals surface area (Å²) in [7, 11) is 0. The quantitative estimate of drug-likeness (QED) is 0.850. The lowest BCUT2D eigenvalue weighted by Crippen LogP contribution is -2.18. The van der Waals surface area contributed by atoms with Crippen molar-refractivity contribution < 1.29 is 13.5 Å². The van der Waals surface area contributed by atoms with Gasteiger partial charge in [0.15, 0.2) is 6.61 Å². The van der Waals surface area contributed by atoms with E-state index in [4.69, 9.17) is 9.15 Å². The molecule has 0 radical (unpaired) electrons. The SMILES string of the molecule is CCNC(C)c1ccc(OCc2nnc(CC)o2)cc1F. The Balaban J connectivity index is 1.99. The molecule has 0 saturated carbocycles. The van der Waals surface area contributed by atoms with E-state index < -0.39 is 0 Å². The number of hydrogen-bond donors (Lipinski definition) is 1. The first-order chi connectivity index (χ1) is 10.1. The van der Waals surface area contributed by atoms with Crippen LogP contribution < -0.4 is 10.1 Å². The molecule has 0 aliphatic carbocycles. The summed E-state index contributed by atoms with van der Waals surface area (Å²) in [5.74, 6) is 1.10. The lowest BCUT2D eigenvalue weighted by molar-refractivity contribution is 0.258. The van der Waals surface area contributed by atoms with Crippen molar-refractivity contribution in [3.05, 3.63) is 41.4 Å². The molecule has 1 heterocycles. The zero-order valence-corrected chi connectivity index (χ0v) is 12.5. The monoisotopic (exact) mass is 293 g/mol. The molecule has 0 aliphatic rings. The van der Waals surface area contributed by atoms with E-state index >= 15 is 0 Å². The third-order valence-corrected chi connectivity index (χ3v) is 3.12. The number of aromatic nitrogens is 2. The van der Waals surface area contributed by atoms with Crippen LogP contribution in [0.15, 0.2) is 22.6 Å². The molecular formula is C15H20FN3O2. The Kier molecular flexibility index (Phi) is 5.27. The van der Waals surface area contributed by atoms with Crippen molar-refractivity contribution in [1.29, 1.82) is 0 Å². The van der Waals surface area contributed by atoms with Gasteiger partial charge in [-0.3, -0.25) is 0 Å². The highest BCUT2D eigenvalue weighted by Crippen LogP contribution is 2.22. The second kappa shape index (κ2) is 7.17. The predicted molar refractivity (Wildman–Crippen MR) is 76.5 cm³/mol. The van der Waals surface area contributed by atoms with E-state index in [0.29, 0.717) is 29.5 Å². The van der Waals surface area contributed by atoms with Crippen LogP contribution >= 0.6 is 0 Å². The summed E-state index contributed by atoms with van der Waals surface area (Å²) in [6, 6.07) is 4.81. The van der Waals surface area contributed by atoms with Gasteiger partial charge in [0.1, 0.15) is 11.6 Å². The molecule has 5 nitrogen and oxygen atoms in total. The fraction of sp³-hybridized carbons (Fsp3) is 0.467. The van der Waals surface area contributed by atoms with E-state index in [1.165, 1.54) is 6.07 Å². The minimum Gasteiger partial charge on any atom is -0.484 e. The molecule has 114 valence electrons. The minimum absolute atomic E-state index is 0.0351. The van der Waals surface area contributed by atoms with Crippen LogP contribution in [0.3, 0.4) is 0 Å². The lowest BCUT2D eigenvalue weighted by Gasteiger charge is -2.14. The van der Waals surface area contributed by atoms with Crippen LogP contribution in [0.4, 0.5) is 4.39 Å². The highest BCUT2D eigenvalue weighted by atomic mass is 19.1. The Morgan fingerprint density at radius 1 is 1.29 bits per heavy atom. The van der Waals surface area contributed by atoms with E-state index in [1.807, 2.05) is 20.8 Å². The van der Waals surface area contributed by atoms with E-state index in [-0.39, 0.29) is 18.5 Å². The number of hydrogen-bond acceptors (Lipinski definition) is 5. The van der Waals surface area contributed by atoms with E-state index in [0.717, 1.165) is 6.54 Å². The Morgan fingerprint density at radius 3 is 2.67 bits per heavy atom. The summed E-state index contributed by atoms with van der Waals surface area (Å²) in [4.78, 5) is 0. The Morgan fingerprint density at radius 2 is 2.05 bits per heavy atom. The number of benzene rings is 1. The van der Waals surface area contributed by atoms with Crippen molar-refractivity contribution in [1.82, 2.24) is 15.5 Å². The van der Waals surface area contributed by atoms with Crippen molar-refractivity contribution in [3.8, 4) is 5.75 Å². The van der Waals surface area contributed by atoms with Crippen LogP contribution in [-0.2, 0) is 13.0 Å². The highest BCUT2D eigenvalue weighted by molar-refractivity contribution is 5.30. The average molecular weight is 293 g/mol. The van der Waals surface area contributed by atoms with Gasteiger partial charge in [-0.15, -0.1) is 10.2 Å². The number of halogens is 1. The maximum atomic E-state index is 14.0. The van der Waals surface area contributed by atoms with Gasteiger partial charge in [0, 0.05) is 24.1 Å². The molecule has 1 aromatic heterocycles. The first-order valence-electron chi connectivity index (χ1n) is 7.10. The van der Waals surface area contributed by atoms with Crippen LogP contribution in [0.2, 0.25) is 0 Å². The van der Waals surface area contributed by atoms with Crippen LogP contribution in [0.5, 0.6) is 5.75 Å². The molecule has 0 saturated heterocycles. The maximum absolute atomic E-state index is 14.0. The molecule has 1 N–H and O–H groups in total. The summed E-state index contributed by atoms with van der Waals surface area (Å²) >= 11 is 0. The molecule has 0 bridgehead atoms. The molecule has 2 aromatic rings. The Hall–Kier alpha value is -1.95. The van der Waals surface area contributed by atoms with Gasteiger partial charge in [0.25, 0.3) is 5.89 Å². The van der Waals surface area contributed by atoms with Gasteiger partial charge in [-0.1, -0.05) is 19.9 Å². The molecule has 2 rings (SSSR count). The Bertz CT molecular complexity index is 586. The van der Waals surface area contributed by atoms with Crippen LogP contribution in [0.25, 0.3) is 0 Å². The number of ether oxygens (including phenoxy) is 1. The van der Waals surface area contributed by atoms with Gasteiger partial charge in [-0.25, -0.2) is 4.39 Å². The molecule has 0 fully saturated rings. The zero-order chi connectivity index (χ0) is 15.2. The van der Waals surface area contributed by atoms with Gasteiger partial charge in [-0.05, 0) is 19.5 Å². The van der Waals surface area contributed by atoms with Crippen LogP contribution in [-0.4, -0.2) is 16.7 Å². The Labute approximate surface area is 123 Å². The second-order valence-corrected chi connectivity index (χ2v) is 4.69. The van der Waals surface area contributed by atoms with E-state index in [1.54, 1.807) is 12.1 Å². The van der Waals surface area contributed by atoms with E-state index in [2.05, 4.69) is 15.5 Å². The molecule has 0 spiro atoms. The fourth-order valence-electron chi connectivity index (χ4n) is 2.00. The van der Waals surface area contributed by atoms with Gasteiger partial charge in [0.2, 0.25) is 5.89 Å². The van der Waals surface area contributed by atoms with E-state index in [9.17, 15) is 4.39 Å². The summed E-state index contributed by atoms with van der Waals surface area (Å²) in [6.45, 7) is 6.76. The third kappa shape index (κ3) is 4.01. The highest BCUT2D eigenvalue weighted by Gasteiger charge is 2.11. The minimum atomic E-state index is -0.291. The van der Waals surface area contributed by atoms with Gasteiger partial charge in [-0.2, -0.15) is 0 Å². The normalized spacial score (nSPS) is 12.4. The molecular weight excluding hydrogens is 273 g/mol. The van der Waals surface area contributed by atoms with Gasteiger partial charge >= 0.3 is 0 Å². The van der Waals surface area contributed by atoms with Crippen molar-refractivity contribution in [2.45, 2.75) is 39.8 Å². The molecule has 6 heteroatoms. The standard InChI is InChI=1S/C15H20FN3O2/c1-4-14-18-19-15(21-14)9-20-11-6-7-12(13(16)8-11)10(3)17-5-2/h6-8,10,17H,4-5,9H2,1-3H3. The van der Waals surface area contributed by atoms with Crippen LogP contribution in [0, 0.1) is 5.82 Å². The van der Waals surface area contributed by atoms with Crippen molar-refractivity contribution in [2.75, 3.05) is 6.54 Å². The second-order valence-electron chi connectivity index (χ2n) is 4.69. The first kappa shape index (κ1) is 15.4. The van der Waals surface area contributed by atoms with Crippen molar-refractivity contribution >= 4 is 0 Å². The number of aryl methyl sites for hydroxylation is 1. The fourth-order valence-corrected chi connectivity index (χ4v) is 2.00. The third-order valence-electron chi connectivity index (χ3n) is 3.12. The van der Waals surface area contributed by atoms with Gasteiger partial charge < -0.3 is 14.5 Å². The molecule has 0 amide bonds. The topological polar surface area (TPSA) is 60.2 Å². The van der Waals surface area contributed by atoms with Crippen molar-refractivity contribution in [3.63, 3.8) is 0 Å². The summed E-state index contributed by atoms with van der Waals surface area (Å²) in [5, 5.41) is 10.9. The smallest absolute Gasteiger partial charge is 0.253 e. The number of nitrogens with zero attached hydrogens (tertiary/aromatic N) is 2. The molecule has 1 unspecified atom stereocenters. The summed E-state index contributed by atoms with van der Waals surface area (Å²) < 4.78 is 24.8. The average Bonchev–Trinajstić information content (AvgIpc) is 2.93. The van der Waals surface area contributed by atoms with Crippen molar-refractivity contribution in [2.24, 2.45) is 0 Å². The maximum Gasteiger partial charge on any atom is 0.253 e. The largest absolute Gasteiger partial charge is 0.484 e. The summed E-state index contributed by atoms with van der Waals surface area (Å²) in [6.07, 6.45) is 0.679. The molecule has 0 aliphatic heterocycles. The molecule has 1 aromatic carbocycles. The predicted octanol–water partition coefficient (Wildman–Crippen LogP) is 3.02. The first-order valence-corrected chi connectivity index (χ1v) is 7.10. The molecule has 21 heavy (non-hydrogen) atoms. The summed E-state index contributed by atoms with van der Waals surface area (Å²) in [5.41, 5.74) is 0.621. The zero-order valence-electron chi connectivity index (χ0n) is 12.5.